The Hall–Kier alpha value is -2.73. The SMILES string of the molecule is CN(C)S(=O)(=O)c1ccc(/C(O)=C(/C#N)c2nc3ccccc3s2)cc1. The number of fused-ring (bicyclic) bond motifs is 1. The molecule has 0 aliphatic rings. The summed E-state index contributed by atoms with van der Waals surface area (Å²) in [5.41, 5.74) is 1.15. The number of aliphatic hydroxyl groups excluding tert-OH is 1. The topological polar surface area (TPSA) is 94.3 Å². The van der Waals surface area contributed by atoms with Crippen molar-refractivity contribution in [1.82, 2.24) is 9.29 Å². The number of hydrogen-bond acceptors (Lipinski definition) is 6. The molecule has 1 N–H and O–H groups in total. The fourth-order valence-corrected chi connectivity index (χ4v) is 4.18. The fourth-order valence-electron chi connectivity index (χ4n) is 2.32. The number of hydrogen-bond donors (Lipinski definition) is 1. The van der Waals surface area contributed by atoms with Crippen LogP contribution < -0.4 is 0 Å². The first-order valence-corrected chi connectivity index (χ1v) is 9.82. The van der Waals surface area contributed by atoms with Crippen molar-refractivity contribution in [3.05, 3.63) is 59.1 Å². The number of nitriles is 1. The lowest BCUT2D eigenvalue weighted by atomic mass is 10.1. The summed E-state index contributed by atoms with van der Waals surface area (Å²) in [6, 6.07) is 15.2. The number of para-hydroxylation sites is 1. The van der Waals surface area contributed by atoms with E-state index in [0.29, 0.717) is 10.6 Å². The Labute approximate surface area is 155 Å². The zero-order valence-corrected chi connectivity index (χ0v) is 15.7. The van der Waals surface area contributed by atoms with Gasteiger partial charge in [0, 0.05) is 19.7 Å². The van der Waals surface area contributed by atoms with Crippen LogP contribution in [0.5, 0.6) is 0 Å². The van der Waals surface area contributed by atoms with Crippen LogP contribution in [0.25, 0.3) is 21.5 Å². The smallest absolute Gasteiger partial charge is 0.242 e. The maximum absolute atomic E-state index is 12.1. The third-order valence-electron chi connectivity index (χ3n) is 3.76. The summed E-state index contributed by atoms with van der Waals surface area (Å²) < 4.78 is 26.3. The number of sulfonamides is 1. The van der Waals surface area contributed by atoms with Gasteiger partial charge in [-0.05, 0) is 36.4 Å². The van der Waals surface area contributed by atoms with Gasteiger partial charge in [-0.25, -0.2) is 17.7 Å². The van der Waals surface area contributed by atoms with Crippen molar-refractivity contribution < 1.29 is 13.5 Å². The van der Waals surface area contributed by atoms with E-state index in [4.69, 9.17) is 0 Å². The van der Waals surface area contributed by atoms with E-state index < -0.39 is 10.0 Å². The fraction of sp³-hybridized carbons (Fsp3) is 0.111. The lowest BCUT2D eigenvalue weighted by Crippen LogP contribution is -2.22. The molecule has 0 atom stereocenters. The van der Waals surface area contributed by atoms with Gasteiger partial charge >= 0.3 is 0 Å². The van der Waals surface area contributed by atoms with Gasteiger partial charge in [0.1, 0.15) is 22.4 Å². The first-order chi connectivity index (χ1) is 12.3. The van der Waals surface area contributed by atoms with Crippen molar-refractivity contribution in [2.45, 2.75) is 4.90 Å². The molecule has 0 unspecified atom stereocenters. The number of benzene rings is 2. The third-order valence-corrected chi connectivity index (χ3v) is 6.65. The summed E-state index contributed by atoms with van der Waals surface area (Å²) in [5, 5.41) is 20.4. The van der Waals surface area contributed by atoms with E-state index in [2.05, 4.69) is 4.98 Å². The first kappa shape index (κ1) is 18.1. The molecule has 0 aliphatic heterocycles. The lowest BCUT2D eigenvalue weighted by molar-refractivity contribution is 0.513. The van der Waals surface area contributed by atoms with Crippen LogP contribution in [-0.4, -0.2) is 36.9 Å². The number of aromatic nitrogens is 1. The van der Waals surface area contributed by atoms with Crippen molar-refractivity contribution in [1.29, 1.82) is 5.26 Å². The van der Waals surface area contributed by atoms with Crippen molar-refractivity contribution in [2.75, 3.05) is 14.1 Å². The van der Waals surface area contributed by atoms with E-state index in [0.717, 1.165) is 14.5 Å². The molecular formula is C18H15N3O3S2. The molecule has 0 amide bonds. The highest BCUT2D eigenvalue weighted by Gasteiger charge is 2.19. The number of nitrogens with zero attached hydrogens (tertiary/aromatic N) is 3. The molecule has 6 nitrogen and oxygen atoms in total. The van der Waals surface area contributed by atoms with Crippen LogP contribution >= 0.6 is 11.3 Å². The maximum atomic E-state index is 12.1. The normalized spacial score (nSPS) is 12.8. The molecule has 0 radical (unpaired) electrons. The van der Waals surface area contributed by atoms with E-state index in [9.17, 15) is 18.8 Å². The van der Waals surface area contributed by atoms with E-state index >= 15 is 0 Å². The van der Waals surface area contributed by atoms with Gasteiger partial charge in [0.05, 0.1) is 15.1 Å². The third kappa shape index (κ3) is 3.20. The predicted octanol–water partition coefficient (Wildman–Crippen LogP) is 3.50. The summed E-state index contributed by atoms with van der Waals surface area (Å²) in [4.78, 5) is 4.49. The second kappa shape index (κ2) is 6.88. The summed E-state index contributed by atoms with van der Waals surface area (Å²) in [6.45, 7) is 0. The standard InChI is InChI=1S/C18H15N3O3S2/c1-21(2)26(23,24)13-9-7-12(8-10-13)17(22)14(11-19)18-20-15-5-3-4-6-16(15)25-18/h3-10,22H,1-2H3/b17-14+. The van der Waals surface area contributed by atoms with E-state index in [1.54, 1.807) is 0 Å². The second-order valence-corrected chi connectivity index (χ2v) is 8.82. The molecular weight excluding hydrogens is 370 g/mol. The highest BCUT2D eigenvalue weighted by atomic mass is 32.2. The Morgan fingerprint density at radius 2 is 1.81 bits per heavy atom. The van der Waals surface area contributed by atoms with Crippen LogP contribution in [0.2, 0.25) is 0 Å². The molecule has 3 aromatic rings. The van der Waals surface area contributed by atoms with Gasteiger partial charge in [-0.15, -0.1) is 11.3 Å². The number of rotatable bonds is 4. The van der Waals surface area contributed by atoms with Crippen LogP contribution in [0.4, 0.5) is 0 Å². The van der Waals surface area contributed by atoms with Crippen LogP contribution in [0.1, 0.15) is 10.6 Å². The van der Waals surface area contributed by atoms with Crippen LogP contribution in [-0.2, 0) is 10.0 Å². The summed E-state index contributed by atoms with van der Waals surface area (Å²) in [7, 11) is -0.662. The van der Waals surface area contributed by atoms with Crippen molar-refractivity contribution in [3.63, 3.8) is 0 Å². The van der Waals surface area contributed by atoms with Crippen LogP contribution in [0.15, 0.2) is 53.4 Å². The summed E-state index contributed by atoms with van der Waals surface area (Å²) in [5.74, 6) is -0.236. The van der Waals surface area contributed by atoms with Gasteiger partial charge in [0.2, 0.25) is 10.0 Å². The lowest BCUT2D eigenvalue weighted by Gasteiger charge is -2.11. The minimum absolute atomic E-state index is 0.0504. The molecule has 1 aromatic heterocycles. The quantitative estimate of drug-likeness (QED) is 0.548. The predicted molar refractivity (Wildman–Crippen MR) is 102 cm³/mol. The number of thiazole rings is 1. The average Bonchev–Trinajstić information content (AvgIpc) is 3.05. The van der Waals surface area contributed by atoms with Crippen LogP contribution in [0.3, 0.4) is 0 Å². The maximum Gasteiger partial charge on any atom is 0.242 e. The molecule has 0 bridgehead atoms. The van der Waals surface area contributed by atoms with Crippen LogP contribution in [0, 0.1) is 11.3 Å². The van der Waals surface area contributed by atoms with Gasteiger partial charge in [0.25, 0.3) is 0 Å². The minimum atomic E-state index is -3.55. The molecule has 0 fully saturated rings. The monoisotopic (exact) mass is 385 g/mol. The molecule has 0 aliphatic carbocycles. The molecule has 3 rings (SSSR count). The van der Waals surface area contributed by atoms with Gasteiger partial charge in [-0.2, -0.15) is 5.26 Å². The second-order valence-electron chi connectivity index (χ2n) is 5.63. The molecule has 132 valence electrons. The molecule has 0 spiro atoms. The van der Waals surface area contributed by atoms with E-state index in [1.165, 1.54) is 49.7 Å². The number of allylic oxidation sites excluding steroid dienone is 1. The Balaban J connectivity index is 2.05. The van der Waals surface area contributed by atoms with Gasteiger partial charge < -0.3 is 5.11 Å². The number of aliphatic hydroxyl groups is 1. The highest BCUT2D eigenvalue weighted by molar-refractivity contribution is 7.89. The molecule has 0 saturated carbocycles. The largest absolute Gasteiger partial charge is 0.506 e. The average molecular weight is 385 g/mol. The Morgan fingerprint density at radius 1 is 1.15 bits per heavy atom. The zero-order valence-electron chi connectivity index (χ0n) is 14.0. The minimum Gasteiger partial charge on any atom is -0.506 e. The Bertz CT molecular complexity index is 1110. The van der Waals surface area contributed by atoms with E-state index in [1.807, 2.05) is 30.3 Å². The summed E-state index contributed by atoms with van der Waals surface area (Å²) >= 11 is 1.31. The molecule has 1 heterocycles. The van der Waals surface area contributed by atoms with Crippen molar-refractivity contribution >= 4 is 42.9 Å². The summed E-state index contributed by atoms with van der Waals surface area (Å²) in [6.07, 6.45) is 0. The van der Waals surface area contributed by atoms with Crippen molar-refractivity contribution in [2.24, 2.45) is 0 Å². The molecule has 2 aromatic carbocycles. The Morgan fingerprint density at radius 3 is 2.38 bits per heavy atom. The molecule has 0 saturated heterocycles. The van der Waals surface area contributed by atoms with Gasteiger partial charge in [-0.3, -0.25) is 0 Å². The van der Waals surface area contributed by atoms with Gasteiger partial charge in [0.15, 0.2) is 0 Å². The highest BCUT2D eigenvalue weighted by Crippen LogP contribution is 2.31. The van der Waals surface area contributed by atoms with Gasteiger partial charge in [-0.1, -0.05) is 12.1 Å². The van der Waals surface area contributed by atoms with E-state index in [-0.39, 0.29) is 16.2 Å². The zero-order chi connectivity index (χ0) is 18.9. The first-order valence-electron chi connectivity index (χ1n) is 7.57. The Kier molecular flexibility index (Phi) is 4.78. The van der Waals surface area contributed by atoms with Crippen molar-refractivity contribution in [3.8, 4) is 6.07 Å². The molecule has 8 heteroatoms. The molecule has 26 heavy (non-hydrogen) atoms.